The van der Waals surface area contributed by atoms with Crippen LogP contribution < -0.4 is 9.47 Å². The average molecular weight is 475 g/mol. The number of benzene rings is 3. The van der Waals surface area contributed by atoms with Crippen molar-refractivity contribution in [2.75, 3.05) is 6.61 Å². The largest absolute Gasteiger partial charge is 0.475 e. The molecule has 4 heteroatoms. The molecule has 0 aliphatic heterocycles. The Morgan fingerprint density at radius 1 is 0.886 bits per heavy atom. The normalized spacial score (nSPS) is 12.2. The second kappa shape index (κ2) is 11.9. The molecular formula is C31H38O4. The van der Waals surface area contributed by atoms with Crippen LogP contribution in [-0.4, -0.2) is 18.7 Å². The molecule has 0 N–H and O–H groups in total. The lowest BCUT2D eigenvalue weighted by Gasteiger charge is -2.21. The van der Waals surface area contributed by atoms with Gasteiger partial charge in [0.1, 0.15) is 5.75 Å². The molecule has 35 heavy (non-hydrogen) atoms. The van der Waals surface area contributed by atoms with E-state index >= 15 is 0 Å². The van der Waals surface area contributed by atoms with Crippen LogP contribution >= 0.6 is 0 Å². The van der Waals surface area contributed by atoms with Crippen LogP contribution in [0.1, 0.15) is 65.0 Å². The molecule has 0 amide bonds. The second-order valence-corrected chi connectivity index (χ2v) is 9.91. The van der Waals surface area contributed by atoms with Crippen molar-refractivity contribution in [1.29, 1.82) is 0 Å². The first kappa shape index (κ1) is 26.3. The third-order valence-corrected chi connectivity index (χ3v) is 5.88. The van der Waals surface area contributed by atoms with E-state index in [0.29, 0.717) is 30.3 Å². The zero-order valence-corrected chi connectivity index (χ0v) is 21.9. The van der Waals surface area contributed by atoms with Crippen LogP contribution in [0.25, 0.3) is 11.1 Å². The van der Waals surface area contributed by atoms with E-state index in [1.54, 1.807) is 6.92 Å². The maximum Gasteiger partial charge on any atom is 0.347 e. The third-order valence-electron chi connectivity index (χ3n) is 5.88. The summed E-state index contributed by atoms with van der Waals surface area (Å²) in [4.78, 5) is 12.6. The van der Waals surface area contributed by atoms with Gasteiger partial charge in [0.05, 0.1) is 6.61 Å². The number of hydrogen-bond donors (Lipinski definition) is 0. The number of carbonyl (C=O) groups is 1. The van der Waals surface area contributed by atoms with Gasteiger partial charge in [0.2, 0.25) is 0 Å². The van der Waals surface area contributed by atoms with E-state index in [4.69, 9.17) is 14.2 Å². The molecule has 0 bridgehead atoms. The molecule has 0 spiro atoms. The maximum atomic E-state index is 12.6. The number of carbonyl (C=O) groups excluding carboxylic acids is 1. The minimum absolute atomic E-state index is 0.0595. The monoisotopic (exact) mass is 474 g/mol. The fourth-order valence-corrected chi connectivity index (χ4v) is 3.84. The Balaban J connectivity index is 1.97. The molecule has 0 heterocycles. The summed E-state index contributed by atoms with van der Waals surface area (Å²) in [5.41, 5.74) is 4.59. The minimum atomic E-state index is -0.676. The predicted octanol–water partition coefficient (Wildman–Crippen LogP) is 8.25. The Labute approximate surface area is 210 Å². The lowest BCUT2D eigenvalue weighted by Crippen LogP contribution is -2.29. The Kier molecular flexibility index (Phi) is 8.97. The second-order valence-electron chi connectivity index (χ2n) is 9.91. The van der Waals surface area contributed by atoms with E-state index < -0.39 is 6.10 Å². The highest BCUT2D eigenvalue weighted by atomic mass is 16.6. The molecule has 0 radical (unpaired) electrons. The van der Waals surface area contributed by atoms with E-state index in [1.807, 2.05) is 36.4 Å². The lowest BCUT2D eigenvalue weighted by atomic mass is 9.87. The summed E-state index contributed by atoms with van der Waals surface area (Å²) in [5.74, 6) is 1.46. The molecule has 4 nitrogen and oxygen atoms in total. The quantitative estimate of drug-likeness (QED) is 0.277. The van der Waals surface area contributed by atoms with Crippen molar-refractivity contribution in [3.8, 4) is 28.4 Å². The molecule has 3 aromatic carbocycles. The summed E-state index contributed by atoms with van der Waals surface area (Å²) in [7, 11) is 0. The lowest BCUT2D eigenvalue weighted by molar-refractivity contribution is -0.151. The standard InChI is InChI=1S/C31H38O4/c1-7-9-13-28(30(32)33-8-2)35-27-19-14-24(23-12-10-11-22(3)20-23)21-29(27)34-26-17-15-25(16-18-26)31(4,5)6/h10-12,14-21,28H,7-9,13H2,1-6H3. The summed E-state index contributed by atoms with van der Waals surface area (Å²) >= 11 is 0. The molecule has 1 atom stereocenters. The fraction of sp³-hybridized carbons (Fsp3) is 0.387. The minimum Gasteiger partial charge on any atom is -0.475 e. The molecule has 3 rings (SSSR count). The van der Waals surface area contributed by atoms with Crippen molar-refractivity contribution in [1.82, 2.24) is 0 Å². The SMILES string of the molecule is CCCCC(Oc1ccc(-c2cccc(C)c2)cc1Oc1ccc(C(C)(C)C)cc1)C(=O)OCC. The maximum absolute atomic E-state index is 12.6. The topological polar surface area (TPSA) is 44.8 Å². The number of hydrogen-bond acceptors (Lipinski definition) is 4. The van der Waals surface area contributed by atoms with E-state index in [-0.39, 0.29) is 11.4 Å². The van der Waals surface area contributed by atoms with Crippen molar-refractivity contribution >= 4 is 5.97 Å². The van der Waals surface area contributed by atoms with Crippen molar-refractivity contribution < 1.29 is 19.0 Å². The van der Waals surface area contributed by atoms with Crippen LogP contribution in [0.5, 0.6) is 17.2 Å². The van der Waals surface area contributed by atoms with E-state index in [0.717, 1.165) is 24.0 Å². The molecule has 0 fully saturated rings. The molecule has 0 saturated heterocycles. The van der Waals surface area contributed by atoms with Crippen LogP contribution in [0.3, 0.4) is 0 Å². The first-order chi connectivity index (χ1) is 16.7. The first-order valence-electron chi connectivity index (χ1n) is 12.5. The van der Waals surface area contributed by atoms with Gasteiger partial charge in [-0.25, -0.2) is 4.79 Å². The zero-order chi connectivity index (χ0) is 25.4. The highest BCUT2D eigenvalue weighted by molar-refractivity contribution is 5.75. The van der Waals surface area contributed by atoms with Gasteiger partial charge in [0.25, 0.3) is 0 Å². The van der Waals surface area contributed by atoms with Gasteiger partial charge >= 0.3 is 5.97 Å². The average Bonchev–Trinajstić information content (AvgIpc) is 2.82. The molecule has 186 valence electrons. The number of ether oxygens (including phenoxy) is 3. The molecular weight excluding hydrogens is 436 g/mol. The molecule has 0 aromatic heterocycles. The van der Waals surface area contributed by atoms with E-state index in [1.165, 1.54) is 11.1 Å². The zero-order valence-electron chi connectivity index (χ0n) is 21.9. The van der Waals surface area contributed by atoms with Crippen molar-refractivity contribution in [3.05, 3.63) is 77.9 Å². The van der Waals surface area contributed by atoms with E-state index in [9.17, 15) is 4.79 Å². The van der Waals surface area contributed by atoms with Crippen LogP contribution in [0, 0.1) is 6.92 Å². The Morgan fingerprint density at radius 3 is 2.23 bits per heavy atom. The van der Waals surface area contributed by atoms with Gasteiger partial charge in [0.15, 0.2) is 17.6 Å². The predicted molar refractivity (Wildman–Crippen MR) is 142 cm³/mol. The smallest absolute Gasteiger partial charge is 0.347 e. The van der Waals surface area contributed by atoms with Crippen LogP contribution in [-0.2, 0) is 14.9 Å². The van der Waals surface area contributed by atoms with Gasteiger partial charge in [-0.3, -0.25) is 0 Å². The Hall–Kier alpha value is -3.27. The number of rotatable bonds is 10. The highest BCUT2D eigenvalue weighted by Gasteiger charge is 2.23. The van der Waals surface area contributed by atoms with Crippen LogP contribution in [0.4, 0.5) is 0 Å². The summed E-state index contributed by atoms with van der Waals surface area (Å²) < 4.78 is 17.8. The molecule has 0 saturated carbocycles. The van der Waals surface area contributed by atoms with Gasteiger partial charge in [-0.05, 0) is 73.1 Å². The van der Waals surface area contributed by atoms with Crippen molar-refractivity contribution in [2.24, 2.45) is 0 Å². The molecule has 0 aliphatic carbocycles. The third kappa shape index (κ3) is 7.35. The summed E-state index contributed by atoms with van der Waals surface area (Å²) in [6.07, 6.45) is 1.75. The number of unbranched alkanes of at least 4 members (excludes halogenated alkanes) is 1. The summed E-state index contributed by atoms with van der Waals surface area (Å²) in [5, 5.41) is 0. The van der Waals surface area contributed by atoms with Gasteiger partial charge in [-0.15, -0.1) is 0 Å². The molecule has 3 aromatic rings. The van der Waals surface area contributed by atoms with Gasteiger partial charge in [-0.1, -0.05) is 82.1 Å². The van der Waals surface area contributed by atoms with Gasteiger partial charge in [0, 0.05) is 0 Å². The van der Waals surface area contributed by atoms with Gasteiger partial charge in [-0.2, -0.15) is 0 Å². The molecule has 0 aliphatic rings. The van der Waals surface area contributed by atoms with Crippen LogP contribution in [0.15, 0.2) is 66.7 Å². The number of esters is 1. The Bertz CT molecular complexity index is 1110. The summed E-state index contributed by atoms with van der Waals surface area (Å²) in [6, 6.07) is 22.3. The highest BCUT2D eigenvalue weighted by Crippen LogP contribution is 2.37. The first-order valence-corrected chi connectivity index (χ1v) is 12.5. The van der Waals surface area contributed by atoms with Gasteiger partial charge < -0.3 is 14.2 Å². The number of aryl methyl sites for hydroxylation is 1. The van der Waals surface area contributed by atoms with Crippen LogP contribution in [0.2, 0.25) is 0 Å². The summed E-state index contributed by atoms with van der Waals surface area (Å²) in [6.45, 7) is 12.9. The van der Waals surface area contributed by atoms with Crippen molar-refractivity contribution in [2.45, 2.75) is 72.3 Å². The van der Waals surface area contributed by atoms with E-state index in [2.05, 4.69) is 65.0 Å². The molecule has 1 unspecified atom stereocenters. The fourth-order valence-electron chi connectivity index (χ4n) is 3.84. The van der Waals surface area contributed by atoms with Crippen molar-refractivity contribution in [3.63, 3.8) is 0 Å². The Morgan fingerprint density at radius 2 is 1.60 bits per heavy atom.